The number of methoxy groups -OCH3 is 1. The van der Waals surface area contributed by atoms with Crippen LogP contribution in [0.25, 0.3) is 0 Å². The van der Waals surface area contributed by atoms with E-state index in [0.29, 0.717) is 12.2 Å². The maximum atomic E-state index is 13.3. The topological polar surface area (TPSA) is 72.5 Å². The number of esters is 1. The lowest BCUT2D eigenvalue weighted by atomic mass is 10.2. The van der Waals surface area contributed by atoms with Gasteiger partial charge in [-0.1, -0.05) is 0 Å². The van der Waals surface area contributed by atoms with E-state index < -0.39 is 21.8 Å². The van der Waals surface area contributed by atoms with Crippen molar-refractivity contribution in [2.75, 3.05) is 18.6 Å². The molecule has 1 aliphatic heterocycles. The molecule has 5 nitrogen and oxygen atoms in total. The van der Waals surface area contributed by atoms with E-state index in [9.17, 15) is 17.6 Å². The molecule has 8 heteroatoms. The molecule has 0 aliphatic carbocycles. The highest BCUT2D eigenvalue weighted by molar-refractivity contribution is 7.99. The van der Waals surface area contributed by atoms with Gasteiger partial charge in [0.15, 0.2) is 0 Å². The highest BCUT2D eigenvalue weighted by atomic mass is 32.2. The van der Waals surface area contributed by atoms with Gasteiger partial charge in [-0.2, -0.15) is 11.8 Å². The summed E-state index contributed by atoms with van der Waals surface area (Å²) < 4.78 is 44.9. The second-order valence-electron chi connectivity index (χ2n) is 4.31. The van der Waals surface area contributed by atoms with E-state index in [0.717, 1.165) is 31.1 Å². The highest BCUT2D eigenvalue weighted by Gasteiger charge is 2.28. The number of sulfonamides is 1. The summed E-state index contributed by atoms with van der Waals surface area (Å²) in [7, 11) is -2.81. The third-order valence-electron chi connectivity index (χ3n) is 2.89. The Balaban J connectivity index is 2.38. The molecular weight excluding hydrogens is 305 g/mol. The molecule has 0 spiro atoms. The summed E-state index contributed by atoms with van der Waals surface area (Å²) in [6.45, 7) is 0. The van der Waals surface area contributed by atoms with Gasteiger partial charge in [0.2, 0.25) is 10.0 Å². The van der Waals surface area contributed by atoms with Gasteiger partial charge in [0.25, 0.3) is 0 Å². The van der Waals surface area contributed by atoms with E-state index in [1.165, 1.54) is 0 Å². The van der Waals surface area contributed by atoms with E-state index in [-0.39, 0.29) is 16.5 Å². The van der Waals surface area contributed by atoms with Crippen LogP contribution in [-0.2, 0) is 14.8 Å². The fourth-order valence-electron chi connectivity index (χ4n) is 1.91. The molecule has 1 unspecified atom stereocenters. The van der Waals surface area contributed by atoms with Gasteiger partial charge in [-0.25, -0.2) is 22.3 Å². The number of nitrogens with one attached hydrogen (secondary N) is 1. The molecule has 1 aliphatic rings. The molecule has 2 rings (SSSR count). The molecule has 1 atom stereocenters. The van der Waals surface area contributed by atoms with E-state index in [4.69, 9.17) is 0 Å². The molecule has 1 aromatic carbocycles. The Morgan fingerprint density at radius 2 is 2.25 bits per heavy atom. The number of carbonyl (C=O) groups is 1. The fraction of sp³-hybridized carbons (Fsp3) is 0.417. The van der Waals surface area contributed by atoms with Gasteiger partial charge in [-0.3, -0.25) is 0 Å². The summed E-state index contributed by atoms with van der Waals surface area (Å²) in [5.41, 5.74) is -0.174. The number of ether oxygens (including phenoxy) is 1. The largest absolute Gasteiger partial charge is 0.465 e. The summed E-state index contributed by atoms with van der Waals surface area (Å²) in [5.74, 6) is 0.00691. The number of thioether (sulfide) groups is 1. The van der Waals surface area contributed by atoms with Crippen LogP contribution in [0.2, 0.25) is 0 Å². The molecule has 20 heavy (non-hydrogen) atoms. The van der Waals surface area contributed by atoms with Gasteiger partial charge in [0.1, 0.15) is 5.82 Å². The summed E-state index contributed by atoms with van der Waals surface area (Å²) in [4.78, 5) is 11.2. The first-order chi connectivity index (χ1) is 9.44. The van der Waals surface area contributed by atoms with Crippen LogP contribution in [0.15, 0.2) is 23.1 Å². The standard InChI is InChI=1S/C12H14FNO4S2/c1-18-12(15)10-3-2-8(13)6-11(10)20(16,17)14-9-4-5-19-7-9/h2-3,6,9,14H,4-5,7H2,1H3. The average Bonchev–Trinajstić information content (AvgIpc) is 2.90. The van der Waals surface area contributed by atoms with Crippen LogP contribution < -0.4 is 4.72 Å². The van der Waals surface area contributed by atoms with Crippen LogP contribution in [0.5, 0.6) is 0 Å². The van der Waals surface area contributed by atoms with Crippen LogP contribution in [-0.4, -0.2) is 39.0 Å². The molecule has 1 saturated heterocycles. The van der Waals surface area contributed by atoms with Crippen molar-refractivity contribution in [1.82, 2.24) is 4.72 Å². The minimum atomic E-state index is -3.96. The number of halogens is 1. The first-order valence-corrected chi connectivity index (χ1v) is 8.56. The van der Waals surface area contributed by atoms with Crippen molar-refractivity contribution >= 4 is 27.8 Å². The summed E-state index contributed by atoms with van der Waals surface area (Å²) in [6.07, 6.45) is 0.715. The summed E-state index contributed by atoms with van der Waals surface area (Å²) in [6, 6.07) is 2.77. The molecule has 1 fully saturated rings. The fourth-order valence-corrected chi connectivity index (χ4v) is 4.64. The minimum absolute atomic E-state index is 0.174. The predicted octanol–water partition coefficient (Wildman–Crippen LogP) is 1.40. The Morgan fingerprint density at radius 1 is 1.50 bits per heavy atom. The number of hydrogen-bond donors (Lipinski definition) is 1. The SMILES string of the molecule is COC(=O)c1ccc(F)cc1S(=O)(=O)NC1CCSC1. The van der Waals surface area contributed by atoms with Crippen molar-refractivity contribution in [2.24, 2.45) is 0 Å². The van der Waals surface area contributed by atoms with Gasteiger partial charge in [-0.05, 0) is 30.4 Å². The highest BCUT2D eigenvalue weighted by Crippen LogP contribution is 2.22. The molecule has 0 radical (unpaired) electrons. The quantitative estimate of drug-likeness (QED) is 0.849. The smallest absolute Gasteiger partial charge is 0.339 e. The van der Waals surface area contributed by atoms with Gasteiger partial charge in [-0.15, -0.1) is 0 Å². The third kappa shape index (κ3) is 3.31. The van der Waals surface area contributed by atoms with Crippen molar-refractivity contribution < 1.29 is 22.3 Å². The molecule has 0 saturated carbocycles. The first kappa shape index (κ1) is 15.3. The van der Waals surface area contributed by atoms with E-state index in [2.05, 4.69) is 9.46 Å². The Bertz CT molecular complexity index is 612. The van der Waals surface area contributed by atoms with E-state index >= 15 is 0 Å². The first-order valence-electron chi connectivity index (χ1n) is 5.92. The number of carbonyl (C=O) groups excluding carboxylic acids is 1. The monoisotopic (exact) mass is 319 g/mol. The Morgan fingerprint density at radius 3 is 2.85 bits per heavy atom. The van der Waals surface area contributed by atoms with Gasteiger partial charge in [0, 0.05) is 11.8 Å². The third-order valence-corrected chi connectivity index (χ3v) is 5.61. The molecule has 110 valence electrons. The van der Waals surface area contributed by atoms with Crippen LogP contribution in [0.1, 0.15) is 16.8 Å². The Hall–Kier alpha value is -1.12. The Kier molecular flexibility index (Phi) is 4.66. The molecule has 1 heterocycles. The van der Waals surface area contributed by atoms with Crippen LogP contribution in [0.4, 0.5) is 4.39 Å². The van der Waals surface area contributed by atoms with Crippen LogP contribution >= 0.6 is 11.8 Å². The summed E-state index contributed by atoms with van der Waals surface area (Å²) >= 11 is 1.64. The maximum Gasteiger partial charge on any atom is 0.339 e. The van der Waals surface area contributed by atoms with Gasteiger partial charge >= 0.3 is 5.97 Å². The van der Waals surface area contributed by atoms with Crippen molar-refractivity contribution in [1.29, 1.82) is 0 Å². The van der Waals surface area contributed by atoms with E-state index in [1.807, 2.05) is 0 Å². The van der Waals surface area contributed by atoms with Crippen LogP contribution in [0, 0.1) is 5.82 Å². The van der Waals surface area contributed by atoms with Gasteiger partial charge in [0.05, 0.1) is 17.6 Å². The van der Waals surface area contributed by atoms with Gasteiger partial charge < -0.3 is 4.74 Å². The predicted molar refractivity (Wildman–Crippen MR) is 73.8 cm³/mol. The molecular formula is C12H14FNO4S2. The molecule has 1 aromatic rings. The zero-order valence-electron chi connectivity index (χ0n) is 10.8. The van der Waals surface area contributed by atoms with Crippen molar-refractivity contribution in [3.8, 4) is 0 Å². The van der Waals surface area contributed by atoms with E-state index in [1.54, 1.807) is 11.8 Å². The number of rotatable bonds is 4. The second kappa shape index (κ2) is 6.11. The molecule has 0 bridgehead atoms. The summed E-state index contributed by atoms with van der Waals surface area (Å²) in [5, 5.41) is 0. The maximum absolute atomic E-state index is 13.3. The number of benzene rings is 1. The molecule has 1 N–H and O–H groups in total. The lowest BCUT2D eigenvalue weighted by molar-refractivity contribution is 0.0596. The normalized spacial score (nSPS) is 19.0. The van der Waals surface area contributed by atoms with Crippen molar-refractivity contribution in [2.45, 2.75) is 17.4 Å². The lowest BCUT2D eigenvalue weighted by Crippen LogP contribution is -2.35. The molecule has 0 aromatic heterocycles. The lowest BCUT2D eigenvalue weighted by Gasteiger charge is -2.14. The zero-order valence-corrected chi connectivity index (χ0v) is 12.4. The second-order valence-corrected chi connectivity index (χ2v) is 7.15. The average molecular weight is 319 g/mol. The zero-order chi connectivity index (χ0) is 14.8. The number of hydrogen-bond acceptors (Lipinski definition) is 5. The minimum Gasteiger partial charge on any atom is -0.465 e. The Labute approximate surface area is 120 Å². The van der Waals surface area contributed by atoms with Crippen molar-refractivity contribution in [3.63, 3.8) is 0 Å². The molecule has 0 amide bonds. The van der Waals surface area contributed by atoms with Crippen molar-refractivity contribution in [3.05, 3.63) is 29.6 Å². The van der Waals surface area contributed by atoms with Crippen LogP contribution in [0.3, 0.4) is 0 Å².